The Kier molecular flexibility index (Phi) is 7.72. The average molecular weight is 455 g/mol. The van der Waals surface area contributed by atoms with Gasteiger partial charge in [0, 0.05) is 13.1 Å². The number of piperidine rings is 1. The first-order valence-corrected chi connectivity index (χ1v) is 9.07. The molecule has 2 N–H and O–H groups in total. The molecule has 1 aromatic carbocycles. The van der Waals surface area contributed by atoms with Crippen LogP contribution in [0.15, 0.2) is 34.2 Å². The lowest BCUT2D eigenvalue weighted by Gasteiger charge is -2.31. The van der Waals surface area contributed by atoms with E-state index in [1.807, 2.05) is 4.90 Å². The molecule has 5 nitrogen and oxygen atoms in total. The summed E-state index contributed by atoms with van der Waals surface area (Å²) in [5, 5.41) is 0. The minimum absolute atomic E-state index is 0. The van der Waals surface area contributed by atoms with Gasteiger partial charge in [-0.05, 0) is 43.0 Å². The molecule has 1 aliphatic heterocycles. The van der Waals surface area contributed by atoms with Crippen molar-refractivity contribution in [2.75, 3.05) is 25.4 Å². The monoisotopic (exact) mass is 455 g/mol. The third-order valence-electron chi connectivity index (χ3n) is 3.91. The zero-order valence-corrected chi connectivity index (χ0v) is 16.3. The van der Waals surface area contributed by atoms with Crippen LogP contribution in [0.1, 0.15) is 19.8 Å². The smallest absolute Gasteiger partial charge is 0.191 e. The Balaban J connectivity index is 0.00000264. The number of benzene rings is 1. The van der Waals surface area contributed by atoms with Crippen LogP contribution in [0.2, 0.25) is 0 Å². The second-order valence-corrected chi connectivity index (χ2v) is 7.79. The summed E-state index contributed by atoms with van der Waals surface area (Å²) in [5.41, 5.74) is 5.91. The predicted octanol–water partition coefficient (Wildman–Crippen LogP) is 2.26. The van der Waals surface area contributed by atoms with Crippen molar-refractivity contribution in [3.05, 3.63) is 30.1 Å². The van der Waals surface area contributed by atoms with Crippen molar-refractivity contribution in [1.29, 1.82) is 0 Å². The molecule has 0 atom stereocenters. The fraction of sp³-hybridized carbons (Fsp3) is 0.533. The van der Waals surface area contributed by atoms with Crippen LogP contribution in [0.3, 0.4) is 0 Å². The molecule has 0 saturated carbocycles. The topological polar surface area (TPSA) is 75.8 Å². The average Bonchev–Trinajstić information content (AvgIpc) is 2.48. The van der Waals surface area contributed by atoms with E-state index in [4.69, 9.17) is 5.73 Å². The van der Waals surface area contributed by atoms with Crippen molar-refractivity contribution in [1.82, 2.24) is 4.90 Å². The van der Waals surface area contributed by atoms with Gasteiger partial charge in [-0.1, -0.05) is 6.92 Å². The molecule has 1 fully saturated rings. The number of hydrogen-bond donors (Lipinski definition) is 1. The quantitative estimate of drug-likeness (QED) is 0.327. The fourth-order valence-corrected chi connectivity index (χ4v) is 3.50. The summed E-state index contributed by atoms with van der Waals surface area (Å²) in [7, 11) is -3.46. The van der Waals surface area contributed by atoms with Gasteiger partial charge in [-0.15, -0.1) is 24.0 Å². The molecule has 0 amide bonds. The maximum atomic E-state index is 12.8. The highest BCUT2D eigenvalue weighted by Gasteiger charge is 2.18. The van der Waals surface area contributed by atoms with E-state index in [0.29, 0.717) is 11.9 Å². The van der Waals surface area contributed by atoms with Crippen molar-refractivity contribution in [2.24, 2.45) is 16.6 Å². The molecule has 130 valence electrons. The van der Waals surface area contributed by atoms with Gasteiger partial charge in [0.25, 0.3) is 0 Å². The number of hydrogen-bond acceptors (Lipinski definition) is 3. The van der Waals surface area contributed by atoms with Gasteiger partial charge in [0.05, 0.1) is 17.2 Å². The molecule has 0 aliphatic carbocycles. The Hall–Kier alpha value is -0.900. The lowest BCUT2D eigenvalue weighted by Crippen LogP contribution is -2.42. The molecule has 2 rings (SSSR count). The first-order valence-electron chi connectivity index (χ1n) is 7.41. The van der Waals surface area contributed by atoms with Gasteiger partial charge in [0.2, 0.25) is 0 Å². The second kappa shape index (κ2) is 8.81. The third-order valence-corrected chi connectivity index (χ3v) is 5.62. The van der Waals surface area contributed by atoms with Crippen LogP contribution in [0, 0.1) is 11.7 Å². The summed E-state index contributed by atoms with van der Waals surface area (Å²) in [6, 6.07) is 4.81. The van der Waals surface area contributed by atoms with Gasteiger partial charge >= 0.3 is 0 Å². The molecule has 23 heavy (non-hydrogen) atoms. The minimum atomic E-state index is -3.46. The summed E-state index contributed by atoms with van der Waals surface area (Å²) < 4.78 is 37.0. The second-order valence-electron chi connectivity index (χ2n) is 5.68. The maximum Gasteiger partial charge on any atom is 0.191 e. The predicted molar refractivity (Wildman–Crippen MR) is 100 cm³/mol. The van der Waals surface area contributed by atoms with Crippen molar-refractivity contribution in [2.45, 2.75) is 24.7 Å². The highest BCUT2D eigenvalue weighted by atomic mass is 127. The van der Waals surface area contributed by atoms with E-state index in [1.54, 1.807) is 0 Å². The SMILES string of the molecule is CC1CCN(C(N)=NCCS(=O)(=O)c2ccc(F)cc2)CC1.I. The molecular weight excluding hydrogens is 432 g/mol. The van der Waals surface area contributed by atoms with Gasteiger partial charge in [-0.25, -0.2) is 12.8 Å². The lowest BCUT2D eigenvalue weighted by molar-refractivity contribution is 0.278. The van der Waals surface area contributed by atoms with Gasteiger partial charge in [-0.3, -0.25) is 4.99 Å². The highest BCUT2D eigenvalue weighted by Crippen LogP contribution is 2.15. The molecule has 0 radical (unpaired) electrons. The Labute approximate surface area is 154 Å². The van der Waals surface area contributed by atoms with E-state index < -0.39 is 15.7 Å². The molecule has 1 saturated heterocycles. The molecule has 0 spiro atoms. The highest BCUT2D eigenvalue weighted by molar-refractivity contribution is 14.0. The number of guanidine groups is 1. The van der Waals surface area contributed by atoms with Gasteiger partial charge in [0.1, 0.15) is 5.82 Å². The van der Waals surface area contributed by atoms with Crippen molar-refractivity contribution in [3.63, 3.8) is 0 Å². The Bertz CT molecular complexity index is 627. The summed E-state index contributed by atoms with van der Waals surface area (Å²) >= 11 is 0. The fourth-order valence-electron chi connectivity index (χ4n) is 2.38. The summed E-state index contributed by atoms with van der Waals surface area (Å²) in [4.78, 5) is 6.26. The van der Waals surface area contributed by atoms with Crippen molar-refractivity contribution >= 4 is 39.8 Å². The van der Waals surface area contributed by atoms with Crippen molar-refractivity contribution < 1.29 is 12.8 Å². The van der Waals surface area contributed by atoms with Gasteiger partial charge < -0.3 is 10.6 Å². The van der Waals surface area contributed by atoms with E-state index >= 15 is 0 Å². The summed E-state index contributed by atoms with van der Waals surface area (Å²) in [5.74, 6) is 0.508. The van der Waals surface area contributed by atoms with Crippen LogP contribution < -0.4 is 5.73 Å². The van der Waals surface area contributed by atoms with Gasteiger partial charge in [-0.2, -0.15) is 0 Å². The number of halogens is 2. The zero-order chi connectivity index (χ0) is 16.2. The van der Waals surface area contributed by atoms with Gasteiger partial charge in [0.15, 0.2) is 15.8 Å². The van der Waals surface area contributed by atoms with E-state index in [9.17, 15) is 12.8 Å². The molecule has 0 aromatic heterocycles. The number of nitrogens with two attached hydrogens (primary N) is 1. The number of rotatable bonds is 4. The molecule has 1 aliphatic rings. The molecule has 0 unspecified atom stereocenters. The number of sulfone groups is 1. The Morgan fingerprint density at radius 3 is 2.43 bits per heavy atom. The standard InChI is InChI=1S/C15H22FN3O2S.HI/c1-12-6-9-19(10-7-12)15(17)18-8-11-22(20,21)14-4-2-13(16)3-5-14;/h2-5,12H,6-11H2,1H3,(H2,17,18);1H. The van der Waals surface area contributed by atoms with Crippen LogP contribution >= 0.6 is 24.0 Å². The molecule has 8 heteroatoms. The van der Waals surface area contributed by atoms with Crippen LogP contribution in [0.4, 0.5) is 4.39 Å². The first-order chi connectivity index (χ1) is 10.4. The minimum Gasteiger partial charge on any atom is -0.370 e. The summed E-state index contributed by atoms with van der Waals surface area (Å²) in [6.07, 6.45) is 2.15. The molecular formula is C15H23FIN3O2S. The number of likely N-dealkylation sites (tertiary alicyclic amines) is 1. The first kappa shape index (κ1) is 20.1. The van der Waals surface area contributed by atoms with E-state index in [1.165, 1.54) is 12.1 Å². The number of nitrogens with zero attached hydrogens (tertiary/aromatic N) is 2. The van der Waals surface area contributed by atoms with Crippen LogP contribution in [-0.2, 0) is 9.84 Å². The zero-order valence-electron chi connectivity index (χ0n) is 13.1. The Morgan fingerprint density at radius 2 is 1.87 bits per heavy atom. The van der Waals surface area contributed by atoms with Crippen molar-refractivity contribution in [3.8, 4) is 0 Å². The lowest BCUT2D eigenvalue weighted by atomic mass is 10.00. The molecule has 0 bridgehead atoms. The molecule has 1 heterocycles. The van der Waals surface area contributed by atoms with E-state index in [2.05, 4.69) is 11.9 Å². The molecule has 1 aromatic rings. The largest absolute Gasteiger partial charge is 0.370 e. The van der Waals surface area contributed by atoms with Crippen LogP contribution in [0.5, 0.6) is 0 Å². The third kappa shape index (κ3) is 5.91. The van der Waals surface area contributed by atoms with E-state index in [-0.39, 0.29) is 41.2 Å². The van der Waals surface area contributed by atoms with Crippen LogP contribution in [0.25, 0.3) is 0 Å². The van der Waals surface area contributed by atoms with Crippen LogP contribution in [-0.4, -0.2) is 44.7 Å². The maximum absolute atomic E-state index is 12.8. The Morgan fingerprint density at radius 1 is 1.30 bits per heavy atom. The normalized spacial score (nSPS) is 17.0. The summed E-state index contributed by atoms with van der Waals surface area (Å²) in [6.45, 7) is 4.04. The number of aliphatic imine (C=N–C) groups is 1. The van der Waals surface area contributed by atoms with E-state index in [0.717, 1.165) is 38.1 Å².